The summed E-state index contributed by atoms with van der Waals surface area (Å²) in [7, 11) is 1.71. The molecular weight excluding hydrogens is 242 g/mol. The van der Waals surface area contributed by atoms with Gasteiger partial charge in [0, 0.05) is 13.1 Å². The van der Waals surface area contributed by atoms with Crippen LogP contribution in [0.15, 0.2) is 18.2 Å². The average molecular weight is 254 g/mol. The molecule has 1 atom stereocenters. The lowest BCUT2D eigenvalue weighted by Gasteiger charge is -2.24. The van der Waals surface area contributed by atoms with E-state index in [1.807, 2.05) is 13.0 Å². The number of nitriles is 1. The predicted molar refractivity (Wildman–Crippen MR) is 66.2 cm³/mol. The van der Waals surface area contributed by atoms with Gasteiger partial charge >= 0.3 is 5.69 Å². The lowest BCUT2D eigenvalue weighted by Crippen LogP contribution is -2.28. The van der Waals surface area contributed by atoms with Crippen molar-refractivity contribution in [1.82, 2.24) is 0 Å². The zero-order chi connectivity index (χ0) is 13.0. The van der Waals surface area contributed by atoms with E-state index in [4.69, 9.17) is 16.9 Å². The third-order valence-corrected chi connectivity index (χ3v) is 2.88. The molecule has 0 bridgehead atoms. The molecule has 0 aromatic heterocycles. The predicted octanol–water partition coefficient (Wildman–Crippen LogP) is 2.99. The van der Waals surface area contributed by atoms with Gasteiger partial charge in [0.05, 0.1) is 17.4 Å². The maximum absolute atomic E-state index is 11.0. The monoisotopic (exact) mass is 253 g/mol. The number of rotatable bonds is 4. The van der Waals surface area contributed by atoms with Crippen LogP contribution in [0.25, 0.3) is 0 Å². The number of para-hydroxylation sites is 1. The number of halogens is 1. The normalized spacial score (nSPS) is 11.6. The second-order valence-electron chi connectivity index (χ2n) is 3.69. The Bertz CT molecular complexity index is 470. The topological polar surface area (TPSA) is 70.2 Å². The van der Waals surface area contributed by atoms with Gasteiger partial charge in [-0.05, 0) is 19.1 Å². The molecule has 0 aliphatic heterocycles. The molecule has 0 radical (unpaired) electrons. The largest absolute Gasteiger partial charge is 0.365 e. The van der Waals surface area contributed by atoms with Gasteiger partial charge in [0.15, 0.2) is 0 Å². The third-order valence-electron chi connectivity index (χ3n) is 2.58. The molecule has 0 N–H and O–H groups in total. The first-order valence-corrected chi connectivity index (χ1v) is 5.39. The SMILES string of the molecule is CC(CC#N)N(C)c1cccc(Cl)c1[N+](=O)[O-]. The maximum Gasteiger partial charge on any atom is 0.310 e. The Morgan fingerprint density at radius 2 is 2.29 bits per heavy atom. The van der Waals surface area contributed by atoms with Gasteiger partial charge in [-0.2, -0.15) is 5.26 Å². The number of nitrogens with zero attached hydrogens (tertiary/aromatic N) is 3. The van der Waals surface area contributed by atoms with E-state index in [9.17, 15) is 10.1 Å². The molecule has 90 valence electrons. The van der Waals surface area contributed by atoms with Gasteiger partial charge < -0.3 is 4.90 Å². The Morgan fingerprint density at radius 3 is 2.82 bits per heavy atom. The first kappa shape index (κ1) is 13.3. The highest BCUT2D eigenvalue weighted by Gasteiger charge is 2.23. The zero-order valence-corrected chi connectivity index (χ0v) is 10.3. The van der Waals surface area contributed by atoms with Crippen LogP contribution in [-0.4, -0.2) is 18.0 Å². The first-order valence-electron chi connectivity index (χ1n) is 5.01. The fraction of sp³-hybridized carbons (Fsp3) is 0.364. The van der Waals surface area contributed by atoms with Crippen LogP contribution in [0.4, 0.5) is 11.4 Å². The molecule has 1 rings (SSSR count). The van der Waals surface area contributed by atoms with Gasteiger partial charge in [0.25, 0.3) is 0 Å². The van der Waals surface area contributed by atoms with Crippen molar-refractivity contribution in [3.05, 3.63) is 33.3 Å². The van der Waals surface area contributed by atoms with Crippen molar-refractivity contribution >= 4 is 23.0 Å². The summed E-state index contributed by atoms with van der Waals surface area (Å²) in [6, 6.07) is 6.68. The minimum atomic E-state index is -0.507. The van der Waals surface area contributed by atoms with Crippen LogP contribution >= 0.6 is 11.6 Å². The summed E-state index contributed by atoms with van der Waals surface area (Å²) >= 11 is 5.82. The zero-order valence-electron chi connectivity index (χ0n) is 9.55. The van der Waals surface area contributed by atoms with Crippen LogP contribution in [0.3, 0.4) is 0 Å². The van der Waals surface area contributed by atoms with E-state index in [-0.39, 0.29) is 16.8 Å². The molecule has 0 spiro atoms. The minimum Gasteiger partial charge on any atom is -0.365 e. The Morgan fingerprint density at radius 1 is 1.65 bits per heavy atom. The van der Waals surface area contributed by atoms with Crippen molar-refractivity contribution in [2.24, 2.45) is 0 Å². The third kappa shape index (κ3) is 2.86. The van der Waals surface area contributed by atoms with Crippen molar-refractivity contribution in [1.29, 1.82) is 5.26 Å². The van der Waals surface area contributed by atoms with Crippen molar-refractivity contribution in [2.75, 3.05) is 11.9 Å². The number of benzene rings is 1. The van der Waals surface area contributed by atoms with Crippen molar-refractivity contribution < 1.29 is 4.92 Å². The molecule has 1 aromatic rings. The molecule has 1 unspecified atom stereocenters. The van der Waals surface area contributed by atoms with Crippen LogP contribution in [0.1, 0.15) is 13.3 Å². The summed E-state index contributed by atoms with van der Waals surface area (Å²) in [6.07, 6.45) is 0.292. The summed E-state index contributed by atoms with van der Waals surface area (Å²) in [5, 5.41) is 19.7. The smallest absolute Gasteiger partial charge is 0.310 e. The average Bonchev–Trinajstić information content (AvgIpc) is 2.27. The van der Waals surface area contributed by atoms with E-state index in [0.717, 1.165) is 0 Å². The number of nitro groups is 1. The lowest BCUT2D eigenvalue weighted by molar-refractivity contribution is -0.384. The number of hydrogen-bond acceptors (Lipinski definition) is 4. The Labute approximate surface area is 104 Å². The molecule has 17 heavy (non-hydrogen) atoms. The number of anilines is 1. The fourth-order valence-electron chi connectivity index (χ4n) is 1.48. The quantitative estimate of drug-likeness (QED) is 0.611. The molecule has 6 heteroatoms. The van der Waals surface area contributed by atoms with Crippen molar-refractivity contribution in [2.45, 2.75) is 19.4 Å². The highest BCUT2D eigenvalue weighted by Crippen LogP contribution is 2.35. The molecule has 0 saturated carbocycles. The van der Waals surface area contributed by atoms with Crippen molar-refractivity contribution in [3.63, 3.8) is 0 Å². The van der Waals surface area contributed by atoms with E-state index in [1.54, 1.807) is 24.1 Å². The minimum absolute atomic E-state index is 0.100. The summed E-state index contributed by atoms with van der Waals surface area (Å²) in [6.45, 7) is 1.83. The van der Waals surface area contributed by atoms with Crippen LogP contribution in [0.5, 0.6) is 0 Å². The van der Waals surface area contributed by atoms with Crippen LogP contribution in [0.2, 0.25) is 5.02 Å². The molecule has 5 nitrogen and oxygen atoms in total. The van der Waals surface area contributed by atoms with E-state index in [1.165, 1.54) is 6.07 Å². The van der Waals surface area contributed by atoms with E-state index in [2.05, 4.69) is 0 Å². The molecule has 0 saturated heterocycles. The first-order chi connectivity index (χ1) is 7.99. The van der Waals surface area contributed by atoms with Crippen LogP contribution in [0, 0.1) is 21.4 Å². The number of nitro benzene ring substituents is 1. The standard InChI is InChI=1S/C11H12ClN3O2/c1-8(6-7-13)14(2)10-5-3-4-9(12)11(10)15(16)17/h3-5,8H,6H2,1-2H3. The molecular formula is C11H12ClN3O2. The van der Waals surface area contributed by atoms with Gasteiger partial charge in [0.2, 0.25) is 0 Å². The molecule has 0 heterocycles. The summed E-state index contributed by atoms with van der Waals surface area (Å²) < 4.78 is 0. The van der Waals surface area contributed by atoms with E-state index in [0.29, 0.717) is 12.1 Å². The van der Waals surface area contributed by atoms with Gasteiger partial charge in [-0.15, -0.1) is 0 Å². The maximum atomic E-state index is 11.0. The van der Waals surface area contributed by atoms with E-state index >= 15 is 0 Å². The summed E-state index contributed by atoms with van der Waals surface area (Å²) in [4.78, 5) is 12.1. The molecule has 0 amide bonds. The second kappa shape index (κ2) is 5.51. The highest BCUT2D eigenvalue weighted by molar-refractivity contribution is 6.33. The molecule has 1 aromatic carbocycles. The van der Waals surface area contributed by atoms with Crippen molar-refractivity contribution in [3.8, 4) is 6.07 Å². The molecule has 0 aliphatic rings. The fourth-order valence-corrected chi connectivity index (χ4v) is 1.71. The highest BCUT2D eigenvalue weighted by atomic mass is 35.5. The van der Waals surface area contributed by atoms with Crippen LogP contribution in [-0.2, 0) is 0 Å². The second-order valence-corrected chi connectivity index (χ2v) is 4.09. The van der Waals surface area contributed by atoms with Gasteiger partial charge in [-0.1, -0.05) is 17.7 Å². The Hall–Kier alpha value is -1.80. The summed E-state index contributed by atoms with van der Waals surface area (Å²) in [5.74, 6) is 0. The lowest BCUT2D eigenvalue weighted by atomic mass is 10.2. The number of hydrogen-bond donors (Lipinski definition) is 0. The Kier molecular flexibility index (Phi) is 4.30. The van der Waals surface area contributed by atoms with Crippen LogP contribution < -0.4 is 4.90 Å². The summed E-state index contributed by atoms with van der Waals surface area (Å²) in [5.41, 5.74) is 0.298. The van der Waals surface area contributed by atoms with Gasteiger partial charge in [0.1, 0.15) is 10.7 Å². The van der Waals surface area contributed by atoms with E-state index < -0.39 is 4.92 Å². The van der Waals surface area contributed by atoms with Gasteiger partial charge in [-0.25, -0.2) is 0 Å². The Balaban J connectivity index is 3.18. The molecule has 0 fully saturated rings. The van der Waals surface area contributed by atoms with Gasteiger partial charge in [-0.3, -0.25) is 10.1 Å². The molecule has 0 aliphatic carbocycles.